The molecule has 0 amide bonds. The van der Waals surface area contributed by atoms with E-state index in [0.717, 1.165) is 23.3 Å². The first kappa shape index (κ1) is 21.5. The topological polar surface area (TPSA) is 26.3 Å². The summed E-state index contributed by atoms with van der Waals surface area (Å²) in [5.41, 5.74) is 1.95. The lowest BCUT2D eigenvalue weighted by molar-refractivity contribution is -0.144. The molecular weight excluding hydrogens is 413 g/mol. The maximum absolute atomic E-state index is 13.2. The summed E-state index contributed by atoms with van der Waals surface area (Å²) < 4.78 is 44.8. The van der Waals surface area contributed by atoms with Crippen molar-refractivity contribution < 1.29 is 22.7 Å². The lowest BCUT2D eigenvalue weighted by atomic mass is 9.76. The standard InChI is InChI=1S/C27H19F3O2/c28-27(29,30)23-13-7-10-20(16-23)17-24-25(21-11-5-2-6-12-21)22(18-32-26(24)31)15-14-19-8-3-1-4-9-19/h1-13,16,18,24-25H,17H2/t24-,25+/m0/s1. The molecule has 1 heterocycles. The molecule has 0 spiro atoms. The summed E-state index contributed by atoms with van der Waals surface area (Å²) in [6, 6.07) is 23.8. The van der Waals surface area contributed by atoms with Gasteiger partial charge in [-0.15, -0.1) is 0 Å². The second-order valence-corrected chi connectivity index (χ2v) is 7.52. The molecular formula is C27H19F3O2. The van der Waals surface area contributed by atoms with Crippen LogP contribution in [0.2, 0.25) is 0 Å². The fraction of sp³-hybridized carbons (Fsp3) is 0.148. The third-order valence-corrected chi connectivity index (χ3v) is 5.34. The fourth-order valence-electron chi connectivity index (χ4n) is 3.81. The van der Waals surface area contributed by atoms with Gasteiger partial charge in [-0.3, -0.25) is 4.79 Å². The van der Waals surface area contributed by atoms with Gasteiger partial charge in [0.25, 0.3) is 0 Å². The van der Waals surface area contributed by atoms with E-state index in [-0.39, 0.29) is 6.42 Å². The van der Waals surface area contributed by atoms with Crippen LogP contribution in [0.15, 0.2) is 96.8 Å². The molecule has 0 saturated carbocycles. The molecule has 4 rings (SSSR count). The Balaban J connectivity index is 1.72. The quantitative estimate of drug-likeness (QED) is 0.367. The van der Waals surface area contributed by atoms with E-state index in [0.29, 0.717) is 11.1 Å². The van der Waals surface area contributed by atoms with Gasteiger partial charge in [0.05, 0.1) is 11.5 Å². The number of hydrogen-bond donors (Lipinski definition) is 0. The average Bonchev–Trinajstić information content (AvgIpc) is 2.80. The molecule has 0 aromatic heterocycles. The van der Waals surface area contributed by atoms with Crippen molar-refractivity contribution in [2.24, 2.45) is 5.92 Å². The van der Waals surface area contributed by atoms with Crippen molar-refractivity contribution in [1.29, 1.82) is 0 Å². The molecule has 0 radical (unpaired) electrons. The Morgan fingerprint density at radius 2 is 1.53 bits per heavy atom. The molecule has 0 unspecified atom stereocenters. The molecule has 3 aromatic rings. The van der Waals surface area contributed by atoms with Crippen molar-refractivity contribution >= 4 is 5.97 Å². The molecule has 0 aliphatic carbocycles. The van der Waals surface area contributed by atoms with Crippen LogP contribution < -0.4 is 0 Å². The Kier molecular flexibility index (Phi) is 6.13. The first-order chi connectivity index (χ1) is 15.4. The summed E-state index contributed by atoms with van der Waals surface area (Å²) in [5.74, 6) is 4.58. The molecule has 3 aromatic carbocycles. The summed E-state index contributed by atoms with van der Waals surface area (Å²) in [4.78, 5) is 12.7. The Morgan fingerprint density at radius 1 is 0.844 bits per heavy atom. The van der Waals surface area contributed by atoms with E-state index in [1.54, 1.807) is 6.07 Å². The molecule has 0 fully saturated rings. The van der Waals surface area contributed by atoms with Gasteiger partial charge in [-0.05, 0) is 35.7 Å². The Hall–Kier alpha value is -3.78. The molecule has 2 atom stereocenters. The number of esters is 1. The molecule has 160 valence electrons. The van der Waals surface area contributed by atoms with E-state index in [9.17, 15) is 18.0 Å². The largest absolute Gasteiger partial charge is 0.433 e. The maximum atomic E-state index is 13.2. The van der Waals surface area contributed by atoms with Crippen molar-refractivity contribution in [1.82, 2.24) is 0 Å². The van der Waals surface area contributed by atoms with Crippen LogP contribution in [0.5, 0.6) is 0 Å². The number of benzene rings is 3. The summed E-state index contributed by atoms with van der Waals surface area (Å²) >= 11 is 0. The van der Waals surface area contributed by atoms with Crippen LogP contribution in [0.4, 0.5) is 13.2 Å². The number of rotatable bonds is 3. The van der Waals surface area contributed by atoms with Gasteiger partial charge in [-0.2, -0.15) is 13.2 Å². The monoisotopic (exact) mass is 432 g/mol. The fourth-order valence-corrected chi connectivity index (χ4v) is 3.81. The van der Waals surface area contributed by atoms with Gasteiger partial charge < -0.3 is 4.74 Å². The summed E-state index contributed by atoms with van der Waals surface area (Å²) in [6.45, 7) is 0. The van der Waals surface area contributed by atoms with E-state index in [1.807, 2.05) is 60.7 Å². The highest BCUT2D eigenvalue weighted by atomic mass is 19.4. The SMILES string of the molecule is O=C1OC=C(C#Cc2ccccc2)[C@@H](c2ccccc2)[C@@H]1Cc1cccc(C(F)(F)F)c1. The zero-order chi connectivity index (χ0) is 22.6. The number of carbonyl (C=O) groups is 1. The van der Waals surface area contributed by atoms with Crippen molar-refractivity contribution in [3.8, 4) is 11.8 Å². The summed E-state index contributed by atoms with van der Waals surface area (Å²) in [7, 11) is 0. The van der Waals surface area contributed by atoms with E-state index < -0.39 is 29.5 Å². The van der Waals surface area contributed by atoms with E-state index >= 15 is 0 Å². The van der Waals surface area contributed by atoms with Gasteiger partial charge >= 0.3 is 12.1 Å². The van der Waals surface area contributed by atoms with E-state index in [4.69, 9.17) is 4.74 Å². The van der Waals surface area contributed by atoms with Crippen LogP contribution in [-0.4, -0.2) is 5.97 Å². The molecule has 2 nitrogen and oxygen atoms in total. The number of alkyl halides is 3. The zero-order valence-corrected chi connectivity index (χ0v) is 17.0. The minimum absolute atomic E-state index is 0.104. The molecule has 0 saturated heterocycles. The first-order valence-electron chi connectivity index (χ1n) is 10.1. The van der Waals surface area contributed by atoms with Gasteiger partial charge in [0.15, 0.2) is 0 Å². The Bertz CT molecular complexity index is 1190. The molecule has 0 N–H and O–H groups in total. The van der Waals surface area contributed by atoms with Crippen molar-refractivity contribution in [2.75, 3.05) is 0 Å². The minimum atomic E-state index is -4.45. The van der Waals surface area contributed by atoms with Crippen molar-refractivity contribution in [2.45, 2.75) is 18.5 Å². The van der Waals surface area contributed by atoms with Crippen molar-refractivity contribution in [3.05, 3.63) is 119 Å². The molecule has 1 aliphatic rings. The Morgan fingerprint density at radius 3 is 2.22 bits per heavy atom. The maximum Gasteiger partial charge on any atom is 0.416 e. The lowest BCUT2D eigenvalue weighted by Gasteiger charge is -2.29. The second-order valence-electron chi connectivity index (χ2n) is 7.52. The highest BCUT2D eigenvalue weighted by Crippen LogP contribution is 2.38. The minimum Gasteiger partial charge on any atom is -0.433 e. The normalized spacial score (nSPS) is 18.2. The first-order valence-corrected chi connectivity index (χ1v) is 10.1. The predicted octanol–water partition coefficient (Wildman–Crippen LogP) is 6.14. The smallest absolute Gasteiger partial charge is 0.416 e. The highest BCUT2D eigenvalue weighted by molar-refractivity contribution is 5.78. The van der Waals surface area contributed by atoms with E-state index in [1.165, 1.54) is 12.3 Å². The molecule has 0 bridgehead atoms. The third-order valence-electron chi connectivity index (χ3n) is 5.34. The van der Waals surface area contributed by atoms with Gasteiger partial charge in [0.1, 0.15) is 6.26 Å². The van der Waals surface area contributed by atoms with E-state index in [2.05, 4.69) is 11.8 Å². The number of halogens is 3. The van der Waals surface area contributed by atoms with Gasteiger partial charge in [-0.25, -0.2) is 0 Å². The van der Waals surface area contributed by atoms with Crippen LogP contribution in [0.3, 0.4) is 0 Å². The molecule has 5 heteroatoms. The number of hydrogen-bond acceptors (Lipinski definition) is 2. The summed E-state index contributed by atoms with van der Waals surface area (Å²) in [5, 5.41) is 0. The second kappa shape index (κ2) is 9.15. The van der Waals surface area contributed by atoms with Crippen LogP contribution in [0, 0.1) is 17.8 Å². The average molecular weight is 432 g/mol. The van der Waals surface area contributed by atoms with Gasteiger partial charge in [0.2, 0.25) is 0 Å². The van der Waals surface area contributed by atoms with Crippen LogP contribution in [0.1, 0.15) is 28.2 Å². The predicted molar refractivity (Wildman–Crippen MR) is 115 cm³/mol. The Labute approximate surface area is 184 Å². The molecule has 32 heavy (non-hydrogen) atoms. The third kappa shape index (κ3) is 4.92. The molecule has 1 aliphatic heterocycles. The number of carbonyl (C=O) groups excluding carboxylic acids is 1. The highest BCUT2D eigenvalue weighted by Gasteiger charge is 2.37. The summed E-state index contributed by atoms with van der Waals surface area (Å²) in [6.07, 6.45) is -2.99. The number of ether oxygens (including phenoxy) is 1. The lowest BCUT2D eigenvalue weighted by Crippen LogP contribution is -2.30. The number of cyclic esters (lactones) is 1. The zero-order valence-electron chi connectivity index (χ0n) is 17.0. The van der Waals surface area contributed by atoms with Gasteiger partial charge in [0, 0.05) is 17.1 Å². The van der Waals surface area contributed by atoms with Crippen LogP contribution in [-0.2, 0) is 22.1 Å². The van der Waals surface area contributed by atoms with Crippen LogP contribution in [0.25, 0.3) is 0 Å². The van der Waals surface area contributed by atoms with Crippen LogP contribution >= 0.6 is 0 Å². The van der Waals surface area contributed by atoms with Crippen molar-refractivity contribution in [3.63, 3.8) is 0 Å². The van der Waals surface area contributed by atoms with Gasteiger partial charge in [-0.1, -0.05) is 78.6 Å². The number of allylic oxidation sites excluding steroid dienone is 1.